The van der Waals surface area contributed by atoms with Crippen LogP contribution in [0.15, 0.2) is 84.9 Å². The second-order valence-corrected chi connectivity index (χ2v) is 9.84. The fraction of sp³-hybridized carbons (Fsp3) is 0.133. The van der Waals surface area contributed by atoms with E-state index in [-0.39, 0.29) is 6.04 Å². The van der Waals surface area contributed by atoms with Gasteiger partial charge in [0.1, 0.15) is 23.2 Å². The number of fused-ring (bicyclic) bond motifs is 3. The third kappa shape index (κ3) is 3.71. The van der Waals surface area contributed by atoms with Gasteiger partial charge >= 0.3 is 0 Å². The first-order valence-electron chi connectivity index (χ1n) is 11.7. The number of aromatic nitrogens is 2. The number of carbonyl (C=O) groups excluding carboxylic acids is 1. The van der Waals surface area contributed by atoms with Gasteiger partial charge in [-0.15, -0.1) is 11.3 Å². The van der Waals surface area contributed by atoms with Crippen LogP contribution in [0, 0.1) is 0 Å². The maximum atomic E-state index is 11.4. The van der Waals surface area contributed by atoms with Crippen LogP contribution >= 0.6 is 11.3 Å². The topological polar surface area (TPSA) is 53.4 Å². The fourth-order valence-corrected chi connectivity index (χ4v) is 5.83. The van der Waals surface area contributed by atoms with E-state index in [1.54, 1.807) is 14.2 Å². The van der Waals surface area contributed by atoms with Crippen LogP contribution in [0.3, 0.4) is 0 Å². The molecule has 6 rings (SSSR count). The molecule has 0 radical (unpaired) electrons. The Kier molecular flexibility index (Phi) is 5.66. The number of methoxy groups -OCH3 is 2. The van der Waals surface area contributed by atoms with Gasteiger partial charge in [0.25, 0.3) is 0 Å². The van der Waals surface area contributed by atoms with E-state index < -0.39 is 0 Å². The third-order valence-electron chi connectivity index (χ3n) is 6.73. The van der Waals surface area contributed by atoms with Crippen molar-refractivity contribution in [3.05, 3.63) is 112 Å². The summed E-state index contributed by atoms with van der Waals surface area (Å²) in [4.78, 5) is 13.1. The Morgan fingerprint density at radius 1 is 0.861 bits per heavy atom. The van der Waals surface area contributed by atoms with Gasteiger partial charge in [0.05, 0.1) is 29.7 Å². The van der Waals surface area contributed by atoms with E-state index >= 15 is 0 Å². The zero-order valence-electron chi connectivity index (χ0n) is 20.0. The van der Waals surface area contributed by atoms with Gasteiger partial charge in [0.15, 0.2) is 6.29 Å². The second kappa shape index (κ2) is 9.13. The van der Waals surface area contributed by atoms with Crippen LogP contribution in [0.25, 0.3) is 21.8 Å². The SMILES string of the molecule is COc1ccc(C(c2ccc(OC)cc2)n2nc(-c3ccc(C=O)s3)c3c2-c2ccccc2C3)cc1. The molecule has 36 heavy (non-hydrogen) atoms. The number of rotatable bonds is 7. The number of hydrogen-bond acceptors (Lipinski definition) is 5. The highest BCUT2D eigenvalue weighted by Gasteiger charge is 2.32. The molecule has 0 spiro atoms. The molecule has 0 amide bonds. The maximum absolute atomic E-state index is 11.4. The summed E-state index contributed by atoms with van der Waals surface area (Å²) in [5.41, 5.74) is 7.94. The quantitative estimate of drug-likeness (QED) is 0.234. The number of nitrogens with zero attached hydrogens (tertiary/aromatic N) is 2. The van der Waals surface area contributed by atoms with Crippen LogP contribution in [-0.4, -0.2) is 30.3 Å². The third-order valence-corrected chi connectivity index (χ3v) is 7.75. The Balaban J connectivity index is 1.60. The lowest BCUT2D eigenvalue weighted by atomic mass is 9.97. The van der Waals surface area contributed by atoms with E-state index in [9.17, 15) is 4.79 Å². The Hall–Kier alpha value is -4.16. The minimum absolute atomic E-state index is 0.166. The van der Waals surface area contributed by atoms with E-state index in [0.29, 0.717) is 4.88 Å². The molecule has 0 N–H and O–H groups in total. The summed E-state index contributed by atoms with van der Waals surface area (Å²) in [5.74, 6) is 1.62. The molecule has 0 saturated heterocycles. The van der Waals surface area contributed by atoms with Crippen molar-refractivity contribution in [3.63, 3.8) is 0 Å². The molecule has 0 aliphatic heterocycles. The summed E-state index contributed by atoms with van der Waals surface area (Å²) in [7, 11) is 3.35. The van der Waals surface area contributed by atoms with E-state index in [0.717, 1.165) is 51.6 Å². The molecular weight excluding hydrogens is 468 g/mol. The van der Waals surface area contributed by atoms with E-state index in [1.807, 2.05) is 36.4 Å². The van der Waals surface area contributed by atoms with Crippen molar-refractivity contribution < 1.29 is 14.3 Å². The van der Waals surface area contributed by atoms with Crippen molar-refractivity contribution in [1.29, 1.82) is 0 Å². The molecule has 0 bridgehead atoms. The minimum atomic E-state index is -0.166. The average molecular weight is 493 g/mol. The molecule has 0 unspecified atom stereocenters. The average Bonchev–Trinajstić information content (AvgIpc) is 3.64. The highest BCUT2D eigenvalue weighted by atomic mass is 32.1. The molecule has 0 atom stereocenters. The molecule has 0 fully saturated rings. The molecule has 6 heteroatoms. The molecule has 2 aromatic heterocycles. The van der Waals surface area contributed by atoms with Crippen LogP contribution in [0.1, 0.15) is 38.0 Å². The Bertz CT molecular complexity index is 1500. The van der Waals surface area contributed by atoms with Crippen molar-refractivity contribution in [1.82, 2.24) is 9.78 Å². The van der Waals surface area contributed by atoms with Crippen LogP contribution in [-0.2, 0) is 6.42 Å². The van der Waals surface area contributed by atoms with Crippen molar-refractivity contribution in [2.24, 2.45) is 0 Å². The van der Waals surface area contributed by atoms with Crippen LogP contribution in [0.4, 0.5) is 0 Å². The van der Waals surface area contributed by atoms with Crippen LogP contribution in [0.2, 0.25) is 0 Å². The van der Waals surface area contributed by atoms with E-state index in [4.69, 9.17) is 14.6 Å². The highest BCUT2D eigenvalue weighted by Crippen LogP contribution is 2.46. The van der Waals surface area contributed by atoms with Crippen molar-refractivity contribution in [2.45, 2.75) is 12.5 Å². The molecular formula is C30H24N2O3S. The lowest BCUT2D eigenvalue weighted by molar-refractivity contribution is 0.112. The maximum Gasteiger partial charge on any atom is 0.160 e. The summed E-state index contributed by atoms with van der Waals surface area (Å²) in [6, 6.07) is 28.6. The van der Waals surface area contributed by atoms with Crippen molar-refractivity contribution >= 4 is 17.6 Å². The first kappa shape index (κ1) is 22.3. The Morgan fingerprint density at radius 3 is 2.08 bits per heavy atom. The van der Waals surface area contributed by atoms with Crippen molar-refractivity contribution in [2.75, 3.05) is 14.2 Å². The highest BCUT2D eigenvalue weighted by molar-refractivity contribution is 7.17. The van der Waals surface area contributed by atoms with Crippen LogP contribution in [0.5, 0.6) is 11.5 Å². The fourth-order valence-electron chi connectivity index (χ4n) is 4.99. The number of carbonyl (C=O) groups is 1. The van der Waals surface area contributed by atoms with Gasteiger partial charge in [-0.25, -0.2) is 0 Å². The second-order valence-electron chi connectivity index (χ2n) is 8.72. The normalized spacial score (nSPS) is 11.9. The number of hydrogen-bond donors (Lipinski definition) is 0. The van der Waals surface area contributed by atoms with Gasteiger partial charge in [-0.05, 0) is 53.1 Å². The van der Waals surface area contributed by atoms with E-state index in [1.165, 1.54) is 28.0 Å². The Labute approximate surface area is 213 Å². The smallest absolute Gasteiger partial charge is 0.160 e. The van der Waals surface area contributed by atoms with Crippen LogP contribution < -0.4 is 9.47 Å². The van der Waals surface area contributed by atoms with Gasteiger partial charge in [0.2, 0.25) is 0 Å². The molecule has 1 aliphatic carbocycles. The monoisotopic (exact) mass is 492 g/mol. The zero-order valence-corrected chi connectivity index (χ0v) is 20.8. The van der Waals surface area contributed by atoms with Gasteiger partial charge in [-0.3, -0.25) is 9.48 Å². The molecule has 5 nitrogen and oxygen atoms in total. The summed E-state index contributed by atoms with van der Waals surface area (Å²) < 4.78 is 13.0. The van der Waals surface area contributed by atoms with E-state index in [2.05, 4.69) is 53.2 Å². The molecule has 1 aliphatic rings. The molecule has 2 heterocycles. The van der Waals surface area contributed by atoms with Crippen molar-refractivity contribution in [3.8, 4) is 33.3 Å². The summed E-state index contributed by atoms with van der Waals surface area (Å²) >= 11 is 1.48. The number of thiophene rings is 1. The molecule has 5 aromatic rings. The van der Waals surface area contributed by atoms with Gasteiger partial charge in [0, 0.05) is 17.5 Å². The summed E-state index contributed by atoms with van der Waals surface area (Å²) in [6.45, 7) is 0. The zero-order chi connectivity index (χ0) is 24.6. The Morgan fingerprint density at radius 2 is 1.50 bits per heavy atom. The lowest BCUT2D eigenvalue weighted by Gasteiger charge is -2.22. The number of aldehydes is 1. The van der Waals surface area contributed by atoms with Gasteiger partial charge < -0.3 is 9.47 Å². The molecule has 3 aromatic carbocycles. The first-order valence-corrected chi connectivity index (χ1v) is 12.5. The number of ether oxygens (including phenoxy) is 2. The summed E-state index contributed by atoms with van der Waals surface area (Å²) in [6.07, 6.45) is 1.71. The largest absolute Gasteiger partial charge is 0.497 e. The molecule has 178 valence electrons. The predicted octanol–water partition coefficient (Wildman–Crippen LogP) is 6.65. The van der Waals surface area contributed by atoms with Gasteiger partial charge in [-0.2, -0.15) is 5.10 Å². The lowest BCUT2D eigenvalue weighted by Crippen LogP contribution is -2.15. The predicted molar refractivity (Wildman–Crippen MR) is 142 cm³/mol. The minimum Gasteiger partial charge on any atom is -0.497 e. The standard InChI is InChI=1S/C30H24N2O3S/c1-34-22-11-7-19(8-12-22)29(20-9-13-23(35-2)14-10-20)32-30-25-6-4-3-5-21(25)17-26(30)28(31-32)27-16-15-24(18-33)36-27/h3-16,18,29H,17H2,1-2H3. The molecule has 0 saturated carbocycles. The summed E-state index contributed by atoms with van der Waals surface area (Å²) in [5, 5.41) is 5.24. The van der Waals surface area contributed by atoms with Gasteiger partial charge in [-0.1, -0.05) is 48.5 Å². The number of benzene rings is 3. The first-order chi connectivity index (χ1) is 17.7.